The van der Waals surface area contributed by atoms with Gasteiger partial charge < -0.3 is 10.2 Å². The zero-order valence-corrected chi connectivity index (χ0v) is 16.4. The van der Waals surface area contributed by atoms with E-state index in [-0.39, 0.29) is 0 Å². The summed E-state index contributed by atoms with van der Waals surface area (Å²) in [5, 5.41) is 8.68. The van der Waals surface area contributed by atoms with Gasteiger partial charge in [0.15, 0.2) is 5.11 Å². The Kier molecular flexibility index (Phi) is 5.39. The molecule has 25 heavy (non-hydrogen) atoms. The normalized spacial score (nSPS) is 15.4. The Morgan fingerprint density at radius 2 is 1.88 bits per heavy atom. The molecule has 0 unspecified atom stereocenters. The van der Waals surface area contributed by atoms with Gasteiger partial charge in [0.05, 0.1) is 5.69 Å². The molecule has 2 heterocycles. The Hall–Kier alpha value is -1.92. The maximum Gasteiger partial charge on any atom is 0.173 e. The third-order valence-corrected chi connectivity index (χ3v) is 5.16. The van der Waals surface area contributed by atoms with Crippen LogP contribution < -0.4 is 5.32 Å². The molecule has 1 N–H and O–H groups in total. The average Bonchev–Trinajstić information content (AvgIpc) is 2.89. The van der Waals surface area contributed by atoms with E-state index in [1.807, 2.05) is 11.7 Å². The molecule has 1 aliphatic rings. The lowest BCUT2D eigenvalue weighted by molar-refractivity contribution is 0.176. The molecule has 1 fully saturated rings. The summed E-state index contributed by atoms with van der Waals surface area (Å²) in [7, 11) is 1.98. The SMILES string of the molecule is Cc1ccc(C)c(NC(=S)N2CCN(Cc3cn(C)nc3C)CC2)c1. The number of aromatic nitrogens is 2. The van der Waals surface area contributed by atoms with E-state index in [1.165, 1.54) is 16.7 Å². The van der Waals surface area contributed by atoms with E-state index in [1.54, 1.807) is 0 Å². The van der Waals surface area contributed by atoms with Gasteiger partial charge >= 0.3 is 0 Å². The molecule has 6 heteroatoms. The lowest BCUT2D eigenvalue weighted by atomic mass is 10.1. The quantitative estimate of drug-likeness (QED) is 0.855. The van der Waals surface area contributed by atoms with E-state index in [0.717, 1.165) is 49.2 Å². The number of anilines is 1. The summed E-state index contributed by atoms with van der Waals surface area (Å²) in [5.74, 6) is 0. The zero-order chi connectivity index (χ0) is 18.0. The fourth-order valence-electron chi connectivity index (χ4n) is 3.22. The van der Waals surface area contributed by atoms with E-state index in [4.69, 9.17) is 12.2 Å². The molecule has 1 aromatic carbocycles. The molecule has 134 valence electrons. The zero-order valence-electron chi connectivity index (χ0n) is 15.5. The van der Waals surface area contributed by atoms with E-state index < -0.39 is 0 Å². The lowest BCUT2D eigenvalue weighted by Crippen LogP contribution is -2.49. The molecule has 0 radical (unpaired) electrons. The predicted octanol–water partition coefficient (Wildman–Crippen LogP) is 2.86. The fraction of sp³-hybridized carbons (Fsp3) is 0.474. The van der Waals surface area contributed by atoms with Gasteiger partial charge in [-0.25, -0.2) is 0 Å². The summed E-state index contributed by atoms with van der Waals surface area (Å²) < 4.78 is 1.89. The number of hydrogen-bond donors (Lipinski definition) is 1. The Bertz CT molecular complexity index is 759. The first-order valence-electron chi connectivity index (χ1n) is 8.77. The van der Waals surface area contributed by atoms with Gasteiger partial charge in [0, 0.05) is 57.2 Å². The molecule has 0 aliphatic carbocycles. The summed E-state index contributed by atoms with van der Waals surface area (Å²) in [5.41, 5.74) is 6.01. The van der Waals surface area contributed by atoms with Crippen molar-refractivity contribution in [2.24, 2.45) is 7.05 Å². The standard InChI is InChI=1S/C19H27N5S/c1-14-5-6-15(2)18(11-14)20-19(25)24-9-7-23(8-10-24)13-17-12-22(4)21-16(17)3/h5-6,11-12H,7-10,13H2,1-4H3,(H,20,25). The van der Waals surface area contributed by atoms with Gasteiger partial charge in [-0.1, -0.05) is 12.1 Å². The Balaban J connectivity index is 1.54. The van der Waals surface area contributed by atoms with Crippen molar-refractivity contribution in [2.75, 3.05) is 31.5 Å². The van der Waals surface area contributed by atoms with Gasteiger partial charge in [0.25, 0.3) is 0 Å². The molecule has 0 bridgehead atoms. The Morgan fingerprint density at radius 1 is 1.16 bits per heavy atom. The number of hydrogen-bond acceptors (Lipinski definition) is 3. The number of rotatable bonds is 3. The van der Waals surface area contributed by atoms with Crippen molar-refractivity contribution >= 4 is 23.0 Å². The highest BCUT2D eigenvalue weighted by Crippen LogP contribution is 2.18. The highest BCUT2D eigenvalue weighted by atomic mass is 32.1. The van der Waals surface area contributed by atoms with Gasteiger partial charge in [-0.05, 0) is 50.2 Å². The van der Waals surface area contributed by atoms with Gasteiger partial charge in [-0.15, -0.1) is 0 Å². The van der Waals surface area contributed by atoms with Crippen LogP contribution in [0.3, 0.4) is 0 Å². The Morgan fingerprint density at radius 3 is 2.52 bits per heavy atom. The van der Waals surface area contributed by atoms with Crippen molar-refractivity contribution in [2.45, 2.75) is 27.3 Å². The maximum absolute atomic E-state index is 5.63. The number of aryl methyl sites for hydroxylation is 4. The van der Waals surface area contributed by atoms with Crippen molar-refractivity contribution < 1.29 is 0 Å². The highest BCUT2D eigenvalue weighted by Gasteiger charge is 2.20. The minimum absolute atomic E-state index is 0.825. The first-order chi connectivity index (χ1) is 11.9. The lowest BCUT2D eigenvalue weighted by Gasteiger charge is -2.36. The highest BCUT2D eigenvalue weighted by molar-refractivity contribution is 7.80. The molecule has 1 aromatic heterocycles. The summed E-state index contributed by atoms with van der Waals surface area (Å²) in [6.07, 6.45) is 2.12. The van der Waals surface area contributed by atoms with Crippen molar-refractivity contribution in [1.29, 1.82) is 0 Å². The number of nitrogens with zero attached hydrogens (tertiary/aromatic N) is 4. The van der Waals surface area contributed by atoms with Crippen LogP contribution in [0.5, 0.6) is 0 Å². The minimum atomic E-state index is 0.825. The van der Waals surface area contributed by atoms with Crippen molar-refractivity contribution in [1.82, 2.24) is 19.6 Å². The number of piperazine rings is 1. The molecule has 0 atom stereocenters. The van der Waals surface area contributed by atoms with Gasteiger partial charge in [-0.3, -0.25) is 9.58 Å². The van der Waals surface area contributed by atoms with E-state index in [9.17, 15) is 0 Å². The average molecular weight is 358 g/mol. The van der Waals surface area contributed by atoms with Crippen LogP contribution in [0.15, 0.2) is 24.4 Å². The van der Waals surface area contributed by atoms with Gasteiger partial charge in [0.1, 0.15) is 0 Å². The summed E-state index contributed by atoms with van der Waals surface area (Å²) in [6.45, 7) is 11.2. The second-order valence-electron chi connectivity index (χ2n) is 6.93. The fourth-order valence-corrected chi connectivity index (χ4v) is 3.51. The molecule has 3 rings (SSSR count). The molecule has 1 saturated heterocycles. The van der Waals surface area contributed by atoms with E-state index >= 15 is 0 Å². The molecule has 0 saturated carbocycles. The predicted molar refractivity (Wildman–Crippen MR) is 107 cm³/mol. The van der Waals surface area contributed by atoms with Crippen LogP contribution in [0.2, 0.25) is 0 Å². The van der Waals surface area contributed by atoms with E-state index in [0.29, 0.717) is 0 Å². The third kappa shape index (κ3) is 4.38. The molecule has 0 amide bonds. The van der Waals surface area contributed by atoms with Crippen LogP contribution in [0.1, 0.15) is 22.4 Å². The molecule has 0 spiro atoms. The van der Waals surface area contributed by atoms with Crippen LogP contribution in [-0.2, 0) is 13.6 Å². The van der Waals surface area contributed by atoms with Gasteiger partial charge in [-0.2, -0.15) is 5.10 Å². The van der Waals surface area contributed by atoms with Crippen molar-refractivity contribution in [3.05, 3.63) is 46.8 Å². The number of thiocarbonyl (C=S) groups is 1. The summed E-state index contributed by atoms with van der Waals surface area (Å²) in [6, 6.07) is 6.42. The van der Waals surface area contributed by atoms with Crippen LogP contribution in [0.25, 0.3) is 0 Å². The first-order valence-corrected chi connectivity index (χ1v) is 9.18. The van der Waals surface area contributed by atoms with Crippen LogP contribution in [0.4, 0.5) is 5.69 Å². The topological polar surface area (TPSA) is 36.3 Å². The molecular weight excluding hydrogens is 330 g/mol. The second kappa shape index (κ2) is 7.54. The summed E-state index contributed by atoms with van der Waals surface area (Å²) in [4.78, 5) is 4.74. The largest absolute Gasteiger partial charge is 0.346 e. The minimum Gasteiger partial charge on any atom is -0.346 e. The smallest absolute Gasteiger partial charge is 0.173 e. The maximum atomic E-state index is 5.63. The molecule has 1 aliphatic heterocycles. The monoisotopic (exact) mass is 357 g/mol. The van der Waals surface area contributed by atoms with Crippen LogP contribution >= 0.6 is 12.2 Å². The number of benzene rings is 1. The van der Waals surface area contributed by atoms with Crippen LogP contribution in [0, 0.1) is 20.8 Å². The second-order valence-corrected chi connectivity index (χ2v) is 7.31. The summed E-state index contributed by atoms with van der Waals surface area (Å²) >= 11 is 5.63. The first kappa shape index (κ1) is 17.9. The Labute approximate surface area is 155 Å². The van der Waals surface area contributed by atoms with Crippen LogP contribution in [-0.4, -0.2) is 50.9 Å². The molecule has 2 aromatic rings. The number of nitrogens with one attached hydrogen (secondary N) is 1. The van der Waals surface area contributed by atoms with Crippen molar-refractivity contribution in [3.8, 4) is 0 Å². The van der Waals surface area contributed by atoms with Gasteiger partial charge in [0.2, 0.25) is 0 Å². The third-order valence-electron chi connectivity index (χ3n) is 4.80. The van der Waals surface area contributed by atoms with E-state index in [2.05, 4.69) is 65.4 Å². The molecule has 5 nitrogen and oxygen atoms in total. The molecular formula is C19H27N5S. The van der Waals surface area contributed by atoms with Crippen molar-refractivity contribution in [3.63, 3.8) is 0 Å².